The number of rotatable bonds is 4. The van der Waals surface area contributed by atoms with Gasteiger partial charge < -0.3 is 5.11 Å². The molecule has 0 aromatic heterocycles. The first-order valence-corrected chi connectivity index (χ1v) is 7.69. The van der Waals surface area contributed by atoms with Gasteiger partial charge in [0, 0.05) is 36.3 Å². The number of hydrogen-bond acceptors (Lipinski definition) is 4. The first-order chi connectivity index (χ1) is 10.4. The maximum atomic E-state index is 11.7. The van der Waals surface area contributed by atoms with Crippen molar-refractivity contribution >= 4 is 23.3 Å². The molecule has 1 aromatic rings. The van der Waals surface area contributed by atoms with E-state index in [1.807, 2.05) is 4.90 Å². The number of carboxylic acid groups (broad SMARTS) is 1. The Morgan fingerprint density at radius 3 is 2.95 bits per heavy atom. The van der Waals surface area contributed by atoms with Crippen molar-refractivity contribution in [1.29, 1.82) is 0 Å². The largest absolute Gasteiger partial charge is 0.481 e. The molecule has 1 saturated heterocycles. The number of halogens is 1. The van der Waals surface area contributed by atoms with E-state index in [4.69, 9.17) is 11.6 Å². The molecule has 1 heterocycles. The Morgan fingerprint density at radius 2 is 2.32 bits per heavy atom. The van der Waals surface area contributed by atoms with Crippen LogP contribution in [0.3, 0.4) is 0 Å². The van der Waals surface area contributed by atoms with Crippen molar-refractivity contribution in [1.82, 2.24) is 4.90 Å². The molecule has 118 valence electrons. The molecule has 3 rings (SSSR count). The average molecular weight is 325 g/mol. The summed E-state index contributed by atoms with van der Waals surface area (Å²) >= 11 is 5.95. The van der Waals surface area contributed by atoms with Gasteiger partial charge in [-0.25, -0.2) is 0 Å². The van der Waals surface area contributed by atoms with E-state index in [0.29, 0.717) is 36.6 Å². The number of hydrogen-bond donors (Lipinski definition) is 1. The molecule has 0 unspecified atom stereocenters. The Kier molecular flexibility index (Phi) is 3.82. The van der Waals surface area contributed by atoms with E-state index in [9.17, 15) is 20.0 Å². The lowest BCUT2D eigenvalue weighted by Gasteiger charge is -2.23. The summed E-state index contributed by atoms with van der Waals surface area (Å²) in [5, 5.41) is 21.2. The minimum absolute atomic E-state index is 0.0332. The van der Waals surface area contributed by atoms with Gasteiger partial charge in [0.05, 0.1) is 10.3 Å². The minimum Gasteiger partial charge on any atom is -0.481 e. The molecule has 0 amide bonds. The molecule has 1 saturated carbocycles. The monoisotopic (exact) mass is 324 g/mol. The van der Waals surface area contributed by atoms with Crippen LogP contribution in [0.25, 0.3) is 0 Å². The first kappa shape index (κ1) is 15.2. The first-order valence-electron chi connectivity index (χ1n) is 7.31. The highest BCUT2D eigenvalue weighted by atomic mass is 35.5. The van der Waals surface area contributed by atoms with Crippen molar-refractivity contribution in [2.75, 3.05) is 13.1 Å². The summed E-state index contributed by atoms with van der Waals surface area (Å²) in [6.07, 6.45) is 2.56. The van der Waals surface area contributed by atoms with E-state index >= 15 is 0 Å². The molecule has 6 nitrogen and oxygen atoms in total. The predicted molar refractivity (Wildman–Crippen MR) is 80.8 cm³/mol. The molecule has 1 aliphatic heterocycles. The standard InChI is InChI=1S/C15H17ClN2O4/c16-12-3-4-13(18(21)22)10(6-12)7-17-8-11-2-1-5-15(11,9-17)14(19)20/h3-4,6,11H,1-2,5,7-9H2,(H,19,20)/t11-,15+/m0/s1. The van der Waals surface area contributed by atoms with Crippen LogP contribution in [-0.2, 0) is 11.3 Å². The summed E-state index contributed by atoms with van der Waals surface area (Å²) in [7, 11) is 0. The zero-order valence-corrected chi connectivity index (χ0v) is 12.8. The predicted octanol–water partition coefficient (Wildman–Crippen LogP) is 2.93. The molecular formula is C15H17ClN2O4. The van der Waals surface area contributed by atoms with Gasteiger partial charge in [-0.1, -0.05) is 18.0 Å². The van der Waals surface area contributed by atoms with Gasteiger partial charge in [-0.2, -0.15) is 0 Å². The van der Waals surface area contributed by atoms with Gasteiger partial charge in [-0.15, -0.1) is 0 Å². The second-order valence-corrected chi connectivity index (χ2v) is 6.69. The Bertz CT molecular complexity index is 636. The van der Waals surface area contributed by atoms with E-state index in [2.05, 4.69) is 0 Å². The summed E-state index contributed by atoms with van der Waals surface area (Å²) in [5.74, 6) is -0.596. The second-order valence-electron chi connectivity index (χ2n) is 6.25. The molecule has 0 bridgehead atoms. The molecule has 2 aliphatic rings. The van der Waals surface area contributed by atoms with Crippen molar-refractivity contribution in [3.8, 4) is 0 Å². The average Bonchev–Trinajstić information content (AvgIpc) is 2.95. The topological polar surface area (TPSA) is 83.7 Å². The van der Waals surface area contributed by atoms with Crippen LogP contribution in [0.2, 0.25) is 5.02 Å². The normalized spacial score (nSPS) is 27.8. The molecule has 2 atom stereocenters. The van der Waals surface area contributed by atoms with E-state index in [1.165, 1.54) is 12.1 Å². The van der Waals surface area contributed by atoms with E-state index in [0.717, 1.165) is 12.8 Å². The minimum atomic E-state index is -0.738. The van der Waals surface area contributed by atoms with Crippen LogP contribution >= 0.6 is 11.6 Å². The Balaban J connectivity index is 1.83. The maximum absolute atomic E-state index is 11.7. The van der Waals surface area contributed by atoms with Crippen LogP contribution in [0, 0.1) is 21.4 Å². The summed E-state index contributed by atoms with van der Waals surface area (Å²) in [4.78, 5) is 24.4. The SMILES string of the molecule is O=C(O)[C@@]12CCC[C@H]1CN(Cc1cc(Cl)ccc1[N+](=O)[O-])C2. The van der Waals surface area contributed by atoms with Crippen LogP contribution in [0.4, 0.5) is 5.69 Å². The lowest BCUT2D eigenvalue weighted by Crippen LogP contribution is -2.35. The number of nitro benzene ring substituents is 1. The fourth-order valence-corrected chi connectivity index (χ4v) is 4.16. The highest BCUT2D eigenvalue weighted by molar-refractivity contribution is 6.30. The lowest BCUT2D eigenvalue weighted by atomic mass is 9.81. The quantitative estimate of drug-likeness (QED) is 0.680. The van der Waals surface area contributed by atoms with E-state index in [-0.39, 0.29) is 11.6 Å². The fourth-order valence-electron chi connectivity index (χ4n) is 3.96. The number of nitro groups is 1. The van der Waals surface area contributed by atoms with Crippen LogP contribution in [0.5, 0.6) is 0 Å². The van der Waals surface area contributed by atoms with Gasteiger partial charge in [0.25, 0.3) is 5.69 Å². The summed E-state index contributed by atoms with van der Waals surface area (Å²) in [6, 6.07) is 4.50. The lowest BCUT2D eigenvalue weighted by molar-refractivity contribution is -0.385. The number of likely N-dealkylation sites (tertiary alicyclic amines) is 1. The van der Waals surface area contributed by atoms with Gasteiger partial charge in [-0.3, -0.25) is 19.8 Å². The zero-order valence-electron chi connectivity index (χ0n) is 12.0. The molecule has 7 heteroatoms. The Labute approximate surface area is 132 Å². The number of nitrogens with zero attached hydrogens (tertiary/aromatic N) is 2. The molecule has 1 aromatic carbocycles. The van der Waals surface area contributed by atoms with Crippen molar-refractivity contribution in [3.63, 3.8) is 0 Å². The number of carboxylic acids is 1. The van der Waals surface area contributed by atoms with Crippen LogP contribution in [0.1, 0.15) is 24.8 Å². The van der Waals surface area contributed by atoms with Gasteiger partial charge in [-0.05, 0) is 30.9 Å². The maximum Gasteiger partial charge on any atom is 0.311 e. The summed E-state index contributed by atoms with van der Waals surface area (Å²) in [6.45, 7) is 1.50. The third-order valence-electron chi connectivity index (χ3n) is 5.00. The number of carbonyl (C=O) groups is 1. The molecule has 0 radical (unpaired) electrons. The molecule has 2 fully saturated rings. The van der Waals surface area contributed by atoms with E-state index < -0.39 is 16.3 Å². The number of fused-ring (bicyclic) bond motifs is 1. The third kappa shape index (κ3) is 2.46. The van der Waals surface area contributed by atoms with Crippen molar-refractivity contribution < 1.29 is 14.8 Å². The fraction of sp³-hybridized carbons (Fsp3) is 0.533. The van der Waals surface area contributed by atoms with Crippen molar-refractivity contribution in [3.05, 3.63) is 38.9 Å². The van der Waals surface area contributed by atoms with Crippen molar-refractivity contribution in [2.45, 2.75) is 25.8 Å². The number of benzene rings is 1. The van der Waals surface area contributed by atoms with Crippen LogP contribution in [-0.4, -0.2) is 34.0 Å². The molecule has 22 heavy (non-hydrogen) atoms. The van der Waals surface area contributed by atoms with Gasteiger partial charge >= 0.3 is 5.97 Å². The Hall–Kier alpha value is -1.66. The third-order valence-corrected chi connectivity index (χ3v) is 5.23. The summed E-state index contributed by atoms with van der Waals surface area (Å²) < 4.78 is 0. The van der Waals surface area contributed by atoms with Crippen LogP contribution in [0.15, 0.2) is 18.2 Å². The van der Waals surface area contributed by atoms with Gasteiger partial charge in [0.1, 0.15) is 0 Å². The zero-order chi connectivity index (χ0) is 15.9. The molecule has 0 spiro atoms. The smallest absolute Gasteiger partial charge is 0.311 e. The van der Waals surface area contributed by atoms with Gasteiger partial charge in [0.2, 0.25) is 0 Å². The highest BCUT2D eigenvalue weighted by Crippen LogP contribution is 2.49. The Morgan fingerprint density at radius 1 is 1.55 bits per heavy atom. The molecule has 1 N–H and O–H groups in total. The summed E-state index contributed by atoms with van der Waals surface area (Å²) in [5.41, 5.74) is -0.100. The molecule has 1 aliphatic carbocycles. The highest BCUT2D eigenvalue weighted by Gasteiger charge is 2.54. The van der Waals surface area contributed by atoms with Crippen LogP contribution < -0.4 is 0 Å². The van der Waals surface area contributed by atoms with E-state index in [1.54, 1.807) is 6.07 Å². The second kappa shape index (κ2) is 5.52. The number of aliphatic carboxylic acids is 1. The van der Waals surface area contributed by atoms with Crippen molar-refractivity contribution in [2.24, 2.45) is 11.3 Å². The molecular weight excluding hydrogens is 308 g/mol. The van der Waals surface area contributed by atoms with Gasteiger partial charge in [0.15, 0.2) is 0 Å².